The van der Waals surface area contributed by atoms with Crippen molar-refractivity contribution in [3.63, 3.8) is 0 Å². The molecule has 0 saturated heterocycles. The Morgan fingerprint density at radius 2 is 1.14 bits per heavy atom. The quantitative estimate of drug-likeness (QED) is 0.640. The number of rotatable bonds is 9. The van der Waals surface area contributed by atoms with Crippen LogP contribution in [-0.2, 0) is 18.0 Å². The van der Waals surface area contributed by atoms with Gasteiger partial charge in [0.05, 0.1) is 0 Å². The lowest BCUT2D eigenvalue weighted by Gasteiger charge is -2.39. The molecule has 126 valence electrons. The molecule has 1 unspecified atom stereocenters. The predicted octanol–water partition coefficient (Wildman–Crippen LogP) is 4.13. The fourth-order valence-electron chi connectivity index (χ4n) is 2.37. The van der Waals surface area contributed by atoms with Crippen LogP contribution in [0.2, 0.25) is 0 Å². The summed E-state index contributed by atoms with van der Waals surface area (Å²) in [6.07, 6.45) is -0.0263. The summed E-state index contributed by atoms with van der Waals surface area (Å²) < 4.78 is 24.5. The first-order chi connectivity index (χ1) is 10.3. The lowest BCUT2D eigenvalue weighted by atomic mass is 10.2. The Kier molecular flexibility index (Phi) is 7.72. The second-order valence-corrected chi connectivity index (χ2v) is 8.57. The van der Waals surface area contributed by atoms with E-state index in [1.54, 1.807) is 7.11 Å². The summed E-state index contributed by atoms with van der Waals surface area (Å²) in [5.41, 5.74) is 0.666. The Hall–Kier alpha value is -0.723. The zero-order chi connectivity index (χ0) is 16.8. The van der Waals surface area contributed by atoms with Crippen molar-refractivity contribution in [2.45, 2.75) is 65.6 Å². The molecule has 22 heavy (non-hydrogen) atoms. The van der Waals surface area contributed by atoms with E-state index in [0.717, 1.165) is 5.56 Å². The molecule has 0 saturated carbocycles. The fourth-order valence-corrected chi connectivity index (χ4v) is 5.76. The summed E-state index contributed by atoms with van der Waals surface area (Å²) in [5.74, 6) is 0. The van der Waals surface area contributed by atoms with E-state index in [2.05, 4.69) is 0 Å². The first-order valence-corrected chi connectivity index (χ1v) is 9.72. The summed E-state index contributed by atoms with van der Waals surface area (Å²) in [7, 11) is -1.40. The Bertz CT molecular complexity index is 393. The molecule has 0 spiro atoms. The van der Waals surface area contributed by atoms with Gasteiger partial charge >= 0.3 is 8.80 Å². The normalized spacial score (nSPS) is 14.1. The molecule has 1 rings (SSSR count). The highest BCUT2D eigenvalue weighted by Crippen LogP contribution is 2.33. The summed E-state index contributed by atoms with van der Waals surface area (Å²) in [6, 6.07) is 10.00. The minimum atomic E-state index is -3.08. The van der Waals surface area contributed by atoms with Gasteiger partial charge in [-0.05, 0) is 47.1 Å². The Labute approximate surface area is 136 Å². The highest BCUT2D eigenvalue weighted by Gasteiger charge is 2.53. The molecule has 1 atom stereocenters. The van der Waals surface area contributed by atoms with Crippen molar-refractivity contribution < 1.29 is 18.0 Å². The fraction of sp³-hybridized carbons (Fsp3) is 0.647. The molecule has 1 aromatic rings. The van der Waals surface area contributed by atoms with Crippen molar-refractivity contribution in [1.82, 2.24) is 0 Å². The highest BCUT2D eigenvalue weighted by molar-refractivity contribution is 6.62. The van der Waals surface area contributed by atoms with Gasteiger partial charge in [-0.2, -0.15) is 0 Å². The average Bonchev–Trinajstić information content (AvgIpc) is 2.37. The van der Waals surface area contributed by atoms with Crippen molar-refractivity contribution in [3.05, 3.63) is 35.9 Å². The monoisotopic (exact) mass is 326 g/mol. The van der Waals surface area contributed by atoms with Gasteiger partial charge in [0.15, 0.2) is 5.73 Å². The smallest absolute Gasteiger partial charge is 0.372 e. The molecule has 0 aliphatic rings. The molecular formula is C17H30O4Si. The average molecular weight is 327 g/mol. The van der Waals surface area contributed by atoms with Crippen LogP contribution in [0.25, 0.3) is 0 Å². The second-order valence-electron chi connectivity index (χ2n) is 6.13. The minimum Gasteiger partial charge on any atom is -0.372 e. The molecule has 0 N–H and O–H groups in total. The summed E-state index contributed by atoms with van der Waals surface area (Å²) in [4.78, 5) is 0. The van der Waals surface area contributed by atoms with Gasteiger partial charge in [-0.1, -0.05) is 30.3 Å². The van der Waals surface area contributed by atoms with Crippen molar-refractivity contribution in [3.8, 4) is 0 Å². The van der Waals surface area contributed by atoms with Crippen molar-refractivity contribution in [2.24, 2.45) is 0 Å². The van der Waals surface area contributed by atoms with E-state index >= 15 is 0 Å². The topological polar surface area (TPSA) is 36.9 Å². The van der Waals surface area contributed by atoms with Crippen LogP contribution in [0.3, 0.4) is 0 Å². The van der Waals surface area contributed by atoms with Gasteiger partial charge in [-0.3, -0.25) is 0 Å². The third kappa shape index (κ3) is 5.48. The van der Waals surface area contributed by atoms with E-state index < -0.39 is 8.80 Å². The van der Waals surface area contributed by atoms with E-state index in [0.29, 0.717) is 0 Å². The van der Waals surface area contributed by atoms with E-state index in [1.165, 1.54) is 0 Å². The van der Waals surface area contributed by atoms with Gasteiger partial charge in [0, 0.05) is 25.4 Å². The van der Waals surface area contributed by atoms with Crippen molar-refractivity contribution >= 4 is 8.80 Å². The minimum absolute atomic E-state index is 0.00877. The van der Waals surface area contributed by atoms with E-state index in [4.69, 9.17) is 18.0 Å². The van der Waals surface area contributed by atoms with Gasteiger partial charge < -0.3 is 18.0 Å². The summed E-state index contributed by atoms with van der Waals surface area (Å²) in [5, 5.41) is 0. The van der Waals surface area contributed by atoms with Crippen molar-refractivity contribution in [2.75, 3.05) is 7.11 Å². The Morgan fingerprint density at radius 3 is 1.45 bits per heavy atom. The summed E-state index contributed by atoms with van der Waals surface area (Å²) in [6.45, 7) is 12.0. The number of hydrogen-bond acceptors (Lipinski definition) is 4. The molecule has 0 radical (unpaired) electrons. The van der Waals surface area contributed by atoms with Crippen LogP contribution in [0, 0.1) is 0 Å². The van der Waals surface area contributed by atoms with Crippen LogP contribution in [-0.4, -0.2) is 34.2 Å². The van der Waals surface area contributed by atoms with Gasteiger partial charge in [0.2, 0.25) is 0 Å². The number of hydrogen-bond donors (Lipinski definition) is 0. The Morgan fingerprint density at radius 1 is 0.727 bits per heavy atom. The van der Waals surface area contributed by atoms with Crippen LogP contribution < -0.4 is 0 Å². The first kappa shape index (κ1) is 19.3. The zero-order valence-corrected chi connectivity index (χ0v) is 15.8. The molecule has 5 heteroatoms. The van der Waals surface area contributed by atoms with Crippen LogP contribution in [0.5, 0.6) is 0 Å². The Balaban J connectivity index is 3.28. The number of methoxy groups -OCH3 is 1. The largest absolute Gasteiger partial charge is 0.536 e. The molecule has 0 bridgehead atoms. The lowest BCUT2D eigenvalue weighted by molar-refractivity contribution is -0.0410. The number of benzene rings is 1. The van der Waals surface area contributed by atoms with Gasteiger partial charge in [0.25, 0.3) is 0 Å². The van der Waals surface area contributed by atoms with Gasteiger partial charge in [-0.15, -0.1) is 0 Å². The van der Waals surface area contributed by atoms with E-state index in [9.17, 15) is 0 Å². The van der Waals surface area contributed by atoms with Crippen LogP contribution in [0.15, 0.2) is 30.3 Å². The highest BCUT2D eigenvalue weighted by atomic mass is 28.4. The van der Waals surface area contributed by atoms with Gasteiger partial charge in [0.1, 0.15) is 0 Å². The molecule has 1 aromatic carbocycles. The van der Waals surface area contributed by atoms with E-state index in [-0.39, 0.29) is 24.0 Å². The molecule has 0 fully saturated rings. The molecule has 4 nitrogen and oxygen atoms in total. The molecule has 0 aliphatic heterocycles. The molecular weight excluding hydrogens is 296 g/mol. The third-order valence-electron chi connectivity index (χ3n) is 2.86. The SMILES string of the molecule is COC(c1ccccc1)[Si](OC(C)C)(OC(C)C)OC(C)C. The van der Waals surface area contributed by atoms with Crippen LogP contribution in [0.1, 0.15) is 52.8 Å². The first-order valence-electron chi connectivity index (χ1n) is 7.92. The standard InChI is InChI=1S/C17H30O4Si/c1-13(2)19-22(20-14(3)4,21-15(5)6)17(18-7)16-11-9-8-10-12-16/h8-15,17H,1-7H3. The lowest BCUT2D eigenvalue weighted by Crippen LogP contribution is -2.56. The molecule has 0 amide bonds. The summed E-state index contributed by atoms with van der Waals surface area (Å²) >= 11 is 0. The molecule has 0 heterocycles. The van der Waals surface area contributed by atoms with Crippen LogP contribution >= 0.6 is 0 Å². The second kappa shape index (κ2) is 8.79. The maximum atomic E-state index is 6.24. The predicted molar refractivity (Wildman–Crippen MR) is 90.6 cm³/mol. The third-order valence-corrected chi connectivity index (χ3v) is 6.47. The zero-order valence-electron chi connectivity index (χ0n) is 14.8. The van der Waals surface area contributed by atoms with E-state index in [1.807, 2.05) is 71.9 Å². The maximum Gasteiger partial charge on any atom is 0.536 e. The van der Waals surface area contributed by atoms with Gasteiger partial charge in [-0.25, -0.2) is 0 Å². The molecule has 0 aliphatic carbocycles. The maximum absolute atomic E-state index is 6.24. The molecule has 0 aromatic heterocycles. The van der Waals surface area contributed by atoms with Crippen molar-refractivity contribution in [1.29, 1.82) is 0 Å². The van der Waals surface area contributed by atoms with Crippen LogP contribution in [0.4, 0.5) is 0 Å². The number of ether oxygens (including phenoxy) is 1.